The summed E-state index contributed by atoms with van der Waals surface area (Å²) >= 11 is 0. The Hall–Kier alpha value is -2.29. The Morgan fingerprint density at radius 2 is 2.31 bits per heavy atom. The molecule has 26 heavy (non-hydrogen) atoms. The van der Waals surface area contributed by atoms with Gasteiger partial charge < -0.3 is 24.4 Å². The van der Waals surface area contributed by atoms with Crippen molar-refractivity contribution in [1.82, 2.24) is 10.5 Å². The molecule has 1 aliphatic rings. The molecule has 1 fully saturated rings. The van der Waals surface area contributed by atoms with Gasteiger partial charge in [-0.1, -0.05) is 17.3 Å². The number of amides is 1. The molecule has 7 nitrogen and oxygen atoms in total. The van der Waals surface area contributed by atoms with Crippen LogP contribution in [0.3, 0.4) is 0 Å². The molecule has 0 spiro atoms. The van der Waals surface area contributed by atoms with E-state index in [1.54, 1.807) is 12.1 Å². The number of benzene rings is 1. The number of aliphatic hydroxyl groups excluding tert-OH is 1. The van der Waals surface area contributed by atoms with Crippen LogP contribution in [0.25, 0.3) is 0 Å². The highest BCUT2D eigenvalue weighted by molar-refractivity contribution is 5.93. The van der Waals surface area contributed by atoms with E-state index in [2.05, 4.69) is 10.5 Å². The van der Waals surface area contributed by atoms with Gasteiger partial charge >= 0.3 is 0 Å². The second-order valence-electron chi connectivity index (χ2n) is 6.15. The Bertz CT molecular complexity index is 743. The summed E-state index contributed by atoms with van der Waals surface area (Å²) in [7, 11) is 0. The maximum Gasteiger partial charge on any atom is 0.273 e. The van der Waals surface area contributed by atoms with Crippen molar-refractivity contribution in [1.29, 1.82) is 0 Å². The first-order valence-electron chi connectivity index (χ1n) is 8.43. The fourth-order valence-corrected chi connectivity index (χ4v) is 2.75. The van der Waals surface area contributed by atoms with Crippen molar-refractivity contribution >= 4 is 5.91 Å². The molecule has 2 aromatic rings. The molecule has 0 saturated carbocycles. The highest BCUT2D eigenvalue weighted by atomic mass is 19.1. The molecule has 1 amide bonds. The van der Waals surface area contributed by atoms with E-state index < -0.39 is 12.5 Å². The molecule has 1 saturated heterocycles. The molecule has 0 aliphatic carbocycles. The number of nitrogens with zero attached hydrogens (tertiary/aromatic N) is 1. The van der Waals surface area contributed by atoms with Gasteiger partial charge in [0.2, 0.25) is 0 Å². The maximum absolute atomic E-state index is 13.1. The number of nitrogens with one attached hydrogen (secondary N) is 1. The van der Waals surface area contributed by atoms with Crippen LogP contribution in [0, 0.1) is 11.7 Å². The van der Waals surface area contributed by atoms with E-state index in [-0.39, 0.29) is 36.4 Å². The van der Waals surface area contributed by atoms with Crippen molar-refractivity contribution in [2.45, 2.75) is 26.2 Å². The number of hydrogen-bond donors (Lipinski definition) is 2. The quantitative estimate of drug-likeness (QED) is 0.742. The van der Waals surface area contributed by atoms with E-state index in [1.165, 1.54) is 12.1 Å². The molecular weight excluding hydrogens is 343 g/mol. The van der Waals surface area contributed by atoms with E-state index in [1.807, 2.05) is 0 Å². The lowest BCUT2D eigenvalue weighted by molar-refractivity contribution is 0.0861. The standard InChI is InChI=1S/C18H21FN2O5/c19-14-3-1-2-12(6-14)9-25-11-16-15(8-22)17(21-26-16)18(23)20-7-13-4-5-24-10-13/h1-3,6,13,22H,4-5,7-11H2,(H,20,23)/t13-/m0/s1. The minimum atomic E-state index is -0.402. The smallest absolute Gasteiger partial charge is 0.273 e. The molecular formula is C18H21FN2O5. The zero-order valence-electron chi connectivity index (χ0n) is 14.2. The molecule has 3 rings (SSSR count). The Morgan fingerprint density at radius 1 is 1.42 bits per heavy atom. The molecule has 0 unspecified atom stereocenters. The number of rotatable bonds is 8. The lowest BCUT2D eigenvalue weighted by Crippen LogP contribution is -2.30. The molecule has 2 N–H and O–H groups in total. The topological polar surface area (TPSA) is 93.8 Å². The summed E-state index contributed by atoms with van der Waals surface area (Å²) in [6, 6.07) is 6.06. The fraction of sp³-hybridized carbons (Fsp3) is 0.444. The number of carbonyl (C=O) groups excluding carboxylic acids is 1. The van der Waals surface area contributed by atoms with Crippen molar-refractivity contribution in [3.8, 4) is 0 Å². The summed E-state index contributed by atoms with van der Waals surface area (Å²) in [6.45, 7) is 1.62. The van der Waals surface area contributed by atoms with E-state index >= 15 is 0 Å². The minimum Gasteiger partial charge on any atom is -0.391 e. The lowest BCUT2D eigenvalue weighted by Gasteiger charge is -2.08. The van der Waals surface area contributed by atoms with Crippen molar-refractivity contribution in [2.75, 3.05) is 19.8 Å². The first kappa shape index (κ1) is 18.5. The lowest BCUT2D eigenvalue weighted by atomic mass is 10.1. The average molecular weight is 364 g/mol. The number of aliphatic hydroxyl groups is 1. The maximum atomic E-state index is 13.1. The number of hydrogen-bond acceptors (Lipinski definition) is 6. The molecule has 1 aliphatic heterocycles. The largest absolute Gasteiger partial charge is 0.391 e. The number of ether oxygens (including phenoxy) is 2. The second kappa shape index (κ2) is 8.88. The molecule has 140 valence electrons. The zero-order chi connectivity index (χ0) is 18.4. The van der Waals surface area contributed by atoms with Crippen molar-refractivity contribution in [2.24, 2.45) is 5.92 Å². The van der Waals surface area contributed by atoms with Crippen LogP contribution in [0.1, 0.15) is 33.8 Å². The molecule has 2 heterocycles. The van der Waals surface area contributed by atoms with Gasteiger partial charge in [0.25, 0.3) is 5.91 Å². The number of halogens is 1. The summed E-state index contributed by atoms with van der Waals surface area (Å²) in [5.74, 6) is -0.176. The van der Waals surface area contributed by atoms with Gasteiger partial charge in [-0.2, -0.15) is 0 Å². The van der Waals surface area contributed by atoms with Crippen LogP contribution in [-0.4, -0.2) is 35.9 Å². The highest BCUT2D eigenvalue weighted by Crippen LogP contribution is 2.17. The molecule has 1 aromatic carbocycles. The first-order valence-corrected chi connectivity index (χ1v) is 8.43. The van der Waals surface area contributed by atoms with Gasteiger partial charge in [-0.25, -0.2) is 4.39 Å². The van der Waals surface area contributed by atoms with E-state index in [4.69, 9.17) is 14.0 Å². The zero-order valence-corrected chi connectivity index (χ0v) is 14.2. The van der Waals surface area contributed by atoms with Crippen molar-refractivity contribution in [3.63, 3.8) is 0 Å². The Labute approximate surface area is 150 Å². The van der Waals surface area contributed by atoms with Crippen molar-refractivity contribution < 1.29 is 28.3 Å². The minimum absolute atomic E-state index is 0.0170. The molecule has 8 heteroatoms. The normalized spacial score (nSPS) is 16.8. The van der Waals surface area contributed by atoms with Gasteiger partial charge in [0, 0.05) is 19.1 Å². The summed E-state index contributed by atoms with van der Waals surface area (Å²) in [4.78, 5) is 12.3. The molecule has 0 bridgehead atoms. The number of carbonyl (C=O) groups is 1. The molecule has 1 atom stereocenters. The molecule has 0 radical (unpaired) electrons. The predicted octanol–water partition coefficient (Wildman–Crippen LogP) is 1.79. The van der Waals surface area contributed by atoms with Crippen LogP contribution < -0.4 is 5.32 Å². The van der Waals surface area contributed by atoms with Crippen LogP contribution >= 0.6 is 0 Å². The van der Waals surface area contributed by atoms with Gasteiger partial charge in [-0.15, -0.1) is 0 Å². The van der Waals surface area contributed by atoms with E-state index in [0.29, 0.717) is 30.9 Å². The van der Waals surface area contributed by atoms with Gasteiger partial charge in [0.15, 0.2) is 11.5 Å². The predicted molar refractivity (Wildman–Crippen MR) is 88.6 cm³/mol. The first-order chi connectivity index (χ1) is 12.7. The SMILES string of the molecule is O=C(NC[C@@H]1CCOC1)c1noc(COCc2cccc(F)c2)c1CO. The summed E-state index contributed by atoms with van der Waals surface area (Å²) in [5, 5.41) is 16.1. The van der Waals surface area contributed by atoms with Gasteiger partial charge in [0.05, 0.1) is 25.4 Å². The monoisotopic (exact) mass is 364 g/mol. The average Bonchev–Trinajstić information content (AvgIpc) is 3.29. The highest BCUT2D eigenvalue weighted by Gasteiger charge is 2.23. The van der Waals surface area contributed by atoms with Gasteiger partial charge in [-0.3, -0.25) is 4.79 Å². The Balaban J connectivity index is 1.55. The van der Waals surface area contributed by atoms with Crippen LogP contribution in [0.2, 0.25) is 0 Å². The Kier molecular flexibility index (Phi) is 6.32. The summed E-state index contributed by atoms with van der Waals surface area (Å²) in [5.41, 5.74) is 1.02. The van der Waals surface area contributed by atoms with Crippen LogP contribution in [0.4, 0.5) is 4.39 Å². The van der Waals surface area contributed by atoms with Crippen LogP contribution in [-0.2, 0) is 29.3 Å². The third-order valence-corrected chi connectivity index (χ3v) is 4.21. The van der Waals surface area contributed by atoms with Crippen LogP contribution in [0.15, 0.2) is 28.8 Å². The van der Waals surface area contributed by atoms with Gasteiger partial charge in [-0.05, 0) is 24.1 Å². The third kappa shape index (κ3) is 4.66. The van der Waals surface area contributed by atoms with Crippen LogP contribution in [0.5, 0.6) is 0 Å². The third-order valence-electron chi connectivity index (χ3n) is 4.21. The molecule has 1 aromatic heterocycles. The van der Waals surface area contributed by atoms with E-state index in [9.17, 15) is 14.3 Å². The Morgan fingerprint density at radius 3 is 3.04 bits per heavy atom. The second-order valence-corrected chi connectivity index (χ2v) is 6.15. The number of aromatic nitrogens is 1. The van der Waals surface area contributed by atoms with Crippen molar-refractivity contribution in [3.05, 3.63) is 52.7 Å². The van der Waals surface area contributed by atoms with Gasteiger partial charge in [0.1, 0.15) is 12.4 Å². The van der Waals surface area contributed by atoms with E-state index in [0.717, 1.165) is 6.42 Å². The fourth-order valence-electron chi connectivity index (χ4n) is 2.75. The summed E-state index contributed by atoms with van der Waals surface area (Å²) in [6.07, 6.45) is 0.908. The summed E-state index contributed by atoms with van der Waals surface area (Å²) < 4.78 is 29.0.